The van der Waals surface area contributed by atoms with Gasteiger partial charge >= 0.3 is 6.18 Å². The minimum Gasteiger partial charge on any atom is -0.393 e. The van der Waals surface area contributed by atoms with E-state index in [-0.39, 0.29) is 17.7 Å². The van der Waals surface area contributed by atoms with Crippen LogP contribution in [-0.2, 0) is 4.79 Å². The summed E-state index contributed by atoms with van der Waals surface area (Å²) in [6, 6.07) is 7.36. The molecule has 0 radical (unpaired) electrons. The highest BCUT2D eigenvalue weighted by Crippen LogP contribution is 2.37. The third-order valence-corrected chi connectivity index (χ3v) is 4.05. The molecule has 3 nitrogen and oxygen atoms in total. The van der Waals surface area contributed by atoms with Gasteiger partial charge in [-0.2, -0.15) is 13.2 Å². The van der Waals surface area contributed by atoms with Gasteiger partial charge in [0.1, 0.15) is 0 Å². The van der Waals surface area contributed by atoms with Crippen molar-refractivity contribution in [3.63, 3.8) is 0 Å². The fraction of sp³-hybridized carbons (Fsp3) is 0.562. The number of benzene rings is 1. The number of aliphatic hydroxyl groups is 1. The molecule has 0 spiro atoms. The predicted molar refractivity (Wildman–Crippen MR) is 76.3 cm³/mol. The Morgan fingerprint density at radius 1 is 1.18 bits per heavy atom. The standard InChI is InChI=1S/C16H20F3NO2/c17-16(18,19)14(11-4-2-1-3-5-11)10-15(22)20-12-6-8-13(21)9-7-12/h1-5,12-14,21H,6-10H2,(H,20,22). The second-order valence-electron chi connectivity index (χ2n) is 5.78. The molecular weight excluding hydrogens is 295 g/mol. The van der Waals surface area contributed by atoms with Crippen LogP contribution < -0.4 is 5.32 Å². The Morgan fingerprint density at radius 3 is 2.32 bits per heavy atom. The Balaban J connectivity index is 1.97. The average Bonchev–Trinajstić information content (AvgIpc) is 2.47. The molecule has 1 aromatic rings. The number of hydrogen-bond acceptors (Lipinski definition) is 2. The van der Waals surface area contributed by atoms with Gasteiger partial charge in [-0.05, 0) is 31.2 Å². The highest BCUT2D eigenvalue weighted by molar-refractivity contribution is 5.77. The normalized spacial score (nSPS) is 23.8. The van der Waals surface area contributed by atoms with Crippen molar-refractivity contribution in [2.45, 2.75) is 56.3 Å². The van der Waals surface area contributed by atoms with Crippen LogP contribution in [0.25, 0.3) is 0 Å². The third kappa shape index (κ3) is 4.73. The number of rotatable bonds is 4. The van der Waals surface area contributed by atoms with E-state index in [4.69, 9.17) is 0 Å². The molecular formula is C16H20F3NO2. The van der Waals surface area contributed by atoms with E-state index in [0.29, 0.717) is 25.7 Å². The first-order valence-electron chi connectivity index (χ1n) is 7.45. The fourth-order valence-electron chi connectivity index (χ4n) is 2.80. The Kier molecular flexibility index (Phi) is 5.45. The van der Waals surface area contributed by atoms with Gasteiger partial charge in [0.2, 0.25) is 5.91 Å². The highest BCUT2D eigenvalue weighted by Gasteiger charge is 2.42. The third-order valence-electron chi connectivity index (χ3n) is 4.05. The van der Waals surface area contributed by atoms with Crippen LogP contribution in [0, 0.1) is 0 Å². The molecule has 0 heterocycles. The zero-order chi connectivity index (χ0) is 16.2. The lowest BCUT2D eigenvalue weighted by atomic mass is 9.91. The van der Waals surface area contributed by atoms with Crippen molar-refractivity contribution in [1.82, 2.24) is 5.32 Å². The van der Waals surface area contributed by atoms with Crippen molar-refractivity contribution < 1.29 is 23.1 Å². The number of carbonyl (C=O) groups excluding carboxylic acids is 1. The van der Waals surface area contributed by atoms with Crippen molar-refractivity contribution in [3.8, 4) is 0 Å². The average molecular weight is 315 g/mol. The van der Waals surface area contributed by atoms with Crippen LogP contribution in [0.1, 0.15) is 43.6 Å². The Hall–Kier alpha value is -1.56. The molecule has 6 heteroatoms. The summed E-state index contributed by atoms with van der Waals surface area (Å²) in [6.07, 6.45) is -3.06. The molecule has 1 atom stereocenters. The molecule has 0 aromatic heterocycles. The van der Waals surface area contributed by atoms with Crippen molar-refractivity contribution in [1.29, 1.82) is 0 Å². The maximum atomic E-state index is 13.2. The number of halogens is 3. The molecule has 2 rings (SSSR count). The Bertz CT molecular complexity index is 482. The summed E-state index contributed by atoms with van der Waals surface area (Å²) in [4.78, 5) is 11.9. The molecule has 1 aliphatic rings. The second kappa shape index (κ2) is 7.13. The number of alkyl halides is 3. The summed E-state index contributed by atoms with van der Waals surface area (Å²) in [6.45, 7) is 0. The van der Waals surface area contributed by atoms with Crippen LogP contribution in [0.15, 0.2) is 30.3 Å². The van der Waals surface area contributed by atoms with Crippen LogP contribution in [-0.4, -0.2) is 29.3 Å². The van der Waals surface area contributed by atoms with Gasteiger partial charge in [-0.1, -0.05) is 30.3 Å². The van der Waals surface area contributed by atoms with Crippen LogP contribution in [0.3, 0.4) is 0 Å². The molecule has 2 N–H and O–H groups in total. The SMILES string of the molecule is O=C(CC(c1ccccc1)C(F)(F)F)NC1CCC(O)CC1. The first-order valence-corrected chi connectivity index (χ1v) is 7.45. The summed E-state index contributed by atoms with van der Waals surface area (Å²) in [7, 11) is 0. The summed E-state index contributed by atoms with van der Waals surface area (Å²) in [5.74, 6) is -2.38. The van der Waals surface area contributed by atoms with Crippen molar-refractivity contribution in [3.05, 3.63) is 35.9 Å². The second-order valence-corrected chi connectivity index (χ2v) is 5.78. The first kappa shape index (κ1) is 16.8. The van der Waals surface area contributed by atoms with E-state index in [1.54, 1.807) is 6.07 Å². The van der Waals surface area contributed by atoms with E-state index in [1.807, 2.05) is 0 Å². The van der Waals surface area contributed by atoms with Gasteiger partial charge in [-0.25, -0.2) is 0 Å². The largest absolute Gasteiger partial charge is 0.396 e. The molecule has 1 aliphatic carbocycles. The predicted octanol–water partition coefficient (Wildman–Crippen LogP) is 3.14. The summed E-state index contributed by atoms with van der Waals surface area (Å²) in [5, 5.41) is 12.1. The zero-order valence-corrected chi connectivity index (χ0v) is 12.1. The molecule has 1 unspecified atom stereocenters. The van der Waals surface area contributed by atoms with Crippen LogP contribution >= 0.6 is 0 Å². The lowest BCUT2D eigenvalue weighted by Gasteiger charge is -2.27. The monoisotopic (exact) mass is 315 g/mol. The summed E-state index contributed by atoms with van der Waals surface area (Å²) >= 11 is 0. The molecule has 0 bridgehead atoms. The lowest BCUT2D eigenvalue weighted by molar-refractivity contribution is -0.157. The van der Waals surface area contributed by atoms with Crippen molar-refractivity contribution in [2.24, 2.45) is 0 Å². The van der Waals surface area contributed by atoms with Gasteiger partial charge in [-0.3, -0.25) is 4.79 Å². The van der Waals surface area contributed by atoms with Gasteiger partial charge in [0.25, 0.3) is 0 Å². The quantitative estimate of drug-likeness (QED) is 0.897. The number of aliphatic hydroxyl groups excluding tert-OH is 1. The van der Waals surface area contributed by atoms with Crippen LogP contribution in [0.2, 0.25) is 0 Å². The first-order chi connectivity index (χ1) is 10.4. The topological polar surface area (TPSA) is 49.3 Å². The van der Waals surface area contributed by atoms with Gasteiger partial charge < -0.3 is 10.4 Å². The molecule has 1 fully saturated rings. The molecule has 1 aromatic carbocycles. The van der Waals surface area contributed by atoms with E-state index >= 15 is 0 Å². The van der Waals surface area contributed by atoms with Crippen LogP contribution in [0.4, 0.5) is 13.2 Å². The van der Waals surface area contributed by atoms with Gasteiger partial charge in [0.15, 0.2) is 0 Å². The molecule has 22 heavy (non-hydrogen) atoms. The highest BCUT2D eigenvalue weighted by atomic mass is 19.4. The summed E-state index contributed by atoms with van der Waals surface area (Å²) in [5.41, 5.74) is 0.101. The number of carbonyl (C=O) groups is 1. The fourth-order valence-corrected chi connectivity index (χ4v) is 2.80. The molecule has 0 aliphatic heterocycles. The zero-order valence-electron chi connectivity index (χ0n) is 12.1. The minimum atomic E-state index is -4.46. The van der Waals surface area contributed by atoms with E-state index in [9.17, 15) is 23.1 Å². The van der Waals surface area contributed by atoms with E-state index in [0.717, 1.165) is 0 Å². The number of amides is 1. The lowest BCUT2D eigenvalue weighted by Crippen LogP contribution is -2.40. The van der Waals surface area contributed by atoms with E-state index in [1.165, 1.54) is 24.3 Å². The Labute approximate surface area is 127 Å². The van der Waals surface area contributed by atoms with E-state index < -0.39 is 24.4 Å². The Morgan fingerprint density at radius 2 is 1.77 bits per heavy atom. The van der Waals surface area contributed by atoms with Gasteiger partial charge in [0.05, 0.1) is 12.0 Å². The molecule has 122 valence electrons. The maximum absolute atomic E-state index is 13.2. The van der Waals surface area contributed by atoms with Crippen molar-refractivity contribution >= 4 is 5.91 Å². The molecule has 1 amide bonds. The maximum Gasteiger partial charge on any atom is 0.396 e. The minimum absolute atomic E-state index is 0.101. The van der Waals surface area contributed by atoms with E-state index in [2.05, 4.69) is 5.32 Å². The number of hydrogen-bond donors (Lipinski definition) is 2. The molecule has 1 saturated carbocycles. The van der Waals surface area contributed by atoms with Crippen molar-refractivity contribution in [2.75, 3.05) is 0 Å². The van der Waals surface area contributed by atoms with Gasteiger partial charge in [0, 0.05) is 12.5 Å². The summed E-state index contributed by atoms with van der Waals surface area (Å²) < 4.78 is 39.5. The smallest absolute Gasteiger partial charge is 0.393 e. The van der Waals surface area contributed by atoms with Gasteiger partial charge in [-0.15, -0.1) is 0 Å². The van der Waals surface area contributed by atoms with Crippen LogP contribution in [0.5, 0.6) is 0 Å². The number of nitrogens with one attached hydrogen (secondary N) is 1. The molecule has 0 saturated heterocycles.